The molecule has 3 heteroatoms. The molecule has 1 heterocycles. The van der Waals surface area contributed by atoms with E-state index in [1.54, 1.807) is 0 Å². The van der Waals surface area contributed by atoms with Gasteiger partial charge in [-0.15, -0.1) is 11.3 Å². The van der Waals surface area contributed by atoms with E-state index in [1.807, 2.05) is 11.3 Å². The number of thiophene rings is 1. The van der Waals surface area contributed by atoms with Crippen LogP contribution in [0.5, 0.6) is 0 Å². The summed E-state index contributed by atoms with van der Waals surface area (Å²) in [5, 5.41) is 2.18. The summed E-state index contributed by atoms with van der Waals surface area (Å²) in [5.41, 5.74) is 8.28. The molecule has 0 spiro atoms. The molecule has 1 aromatic rings. The minimum atomic E-state index is 0.180. The Bertz CT molecular complexity index is 376. The Hall–Kier alpha value is -0.380. The van der Waals surface area contributed by atoms with Gasteiger partial charge in [0.25, 0.3) is 0 Å². The van der Waals surface area contributed by atoms with Crippen molar-refractivity contribution in [1.29, 1.82) is 0 Å². The molecule has 2 N–H and O–H groups in total. The van der Waals surface area contributed by atoms with Gasteiger partial charge in [-0.1, -0.05) is 26.7 Å². The largest absolute Gasteiger partial charge is 0.322 e. The van der Waals surface area contributed by atoms with Gasteiger partial charge in [0, 0.05) is 10.4 Å². The van der Waals surface area contributed by atoms with Gasteiger partial charge in [-0.25, -0.2) is 0 Å². The molecule has 0 aromatic carbocycles. The summed E-state index contributed by atoms with van der Waals surface area (Å²) in [6, 6.07) is 2.38. The van der Waals surface area contributed by atoms with Crippen LogP contribution >= 0.6 is 11.3 Å². The van der Waals surface area contributed by atoms with Crippen LogP contribution in [0.3, 0.4) is 0 Å². The van der Waals surface area contributed by atoms with Crippen LogP contribution in [-0.4, -0.2) is 23.5 Å². The lowest BCUT2D eigenvalue weighted by atomic mass is 9.84. The average Bonchev–Trinajstić information content (AvgIpc) is 3.00. The molecule has 1 unspecified atom stereocenters. The van der Waals surface area contributed by atoms with E-state index in [9.17, 15) is 0 Å². The van der Waals surface area contributed by atoms with Gasteiger partial charge in [-0.3, -0.25) is 4.90 Å². The Kier molecular flexibility index (Phi) is 4.46. The number of likely N-dealkylation sites (N-methyl/N-ethyl adjacent to an activating group) is 1. The number of nitrogens with two attached hydrogens (primary N) is 1. The van der Waals surface area contributed by atoms with Gasteiger partial charge >= 0.3 is 0 Å². The van der Waals surface area contributed by atoms with Crippen molar-refractivity contribution in [3.63, 3.8) is 0 Å². The molecule has 0 amide bonds. The molecule has 1 aromatic heterocycles. The predicted octanol–water partition coefficient (Wildman–Crippen LogP) is 3.71. The van der Waals surface area contributed by atoms with Gasteiger partial charge < -0.3 is 5.73 Å². The van der Waals surface area contributed by atoms with Crippen LogP contribution in [0.15, 0.2) is 11.4 Å². The van der Waals surface area contributed by atoms with Crippen LogP contribution in [0.25, 0.3) is 0 Å². The molecule has 0 aliphatic heterocycles. The van der Waals surface area contributed by atoms with Crippen molar-refractivity contribution in [2.24, 2.45) is 5.73 Å². The molecule has 102 valence electrons. The van der Waals surface area contributed by atoms with Gasteiger partial charge in [0.1, 0.15) is 0 Å². The first-order valence-electron chi connectivity index (χ1n) is 7.20. The summed E-state index contributed by atoms with van der Waals surface area (Å²) in [6.45, 7) is 8.93. The van der Waals surface area contributed by atoms with E-state index in [1.165, 1.54) is 36.1 Å². The van der Waals surface area contributed by atoms with Gasteiger partial charge in [0.05, 0.1) is 6.04 Å². The molecule has 2 rings (SSSR count). The zero-order valence-corrected chi connectivity index (χ0v) is 12.7. The van der Waals surface area contributed by atoms with E-state index in [4.69, 9.17) is 5.73 Å². The fourth-order valence-corrected chi connectivity index (χ4v) is 4.65. The van der Waals surface area contributed by atoms with Gasteiger partial charge in [0.2, 0.25) is 0 Å². The summed E-state index contributed by atoms with van der Waals surface area (Å²) < 4.78 is 0. The molecular formula is C15H26N2S. The highest BCUT2D eigenvalue weighted by Crippen LogP contribution is 2.45. The van der Waals surface area contributed by atoms with Crippen molar-refractivity contribution in [2.75, 3.05) is 13.1 Å². The molecule has 1 saturated carbocycles. The number of hydrogen-bond donors (Lipinski definition) is 1. The maximum absolute atomic E-state index is 6.70. The Morgan fingerprint density at radius 2 is 1.94 bits per heavy atom. The van der Waals surface area contributed by atoms with Crippen LogP contribution in [0.1, 0.15) is 56.0 Å². The number of aryl methyl sites for hydroxylation is 1. The maximum Gasteiger partial charge on any atom is 0.0579 e. The van der Waals surface area contributed by atoms with Crippen LogP contribution in [0.4, 0.5) is 0 Å². The zero-order chi connectivity index (χ0) is 13.2. The van der Waals surface area contributed by atoms with E-state index in [2.05, 4.69) is 37.1 Å². The van der Waals surface area contributed by atoms with Crippen molar-refractivity contribution in [3.8, 4) is 0 Å². The monoisotopic (exact) mass is 266 g/mol. The molecule has 1 fully saturated rings. The highest BCUT2D eigenvalue weighted by Gasteiger charge is 2.44. The molecule has 1 aliphatic rings. The Balaban J connectivity index is 2.33. The minimum Gasteiger partial charge on any atom is -0.322 e. The van der Waals surface area contributed by atoms with E-state index < -0.39 is 0 Å². The third-order valence-electron chi connectivity index (χ3n) is 4.63. The maximum atomic E-state index is 6.70. The smallest absolute Gasteiger partial charge is 0.0579 e. The lowest BCUT2D eigenvalue weighted by Gasteiger charge is -2.44. The molecule has 0 saturated heterocycles. The summed E-state index contributed by atoms with van der Waals surface area (Å²) in [6.07, 6.45) is 5.17. The molecule has 1 aliphatic carbocycles. The van der Waals surface area contributed by atoms with Crippen LogP contribution in [0.2, 0.25) is 0 Å². The van der Waals surface area contributed by atoms with Crippen LogP contribution in [-0.2, 0) is 0 Å². The lowest BCUT2D eigenvalue weighted by Crippen LogP contribution is -2.53. The first-order valence-corrected chi connectivity index (χ1v) is 8.08. The van der Waals surface area contributed by atoms with Crippen molar-refractivity contribution < 1.29 is 0 Å². The van der Waals surface area contributed by atoms with E-state index >= 15 is 0 Å². The first kappa shape index (κ1) is 14.0. The lowest BCUT2D eigenvalue weighted by molar-refractivity contribution is 0.0780. The van der Waals surface area contributed by atoms with Gasteiger partial charge in [-0.2, -0.15) is 0 Å². The first-order chi connectivity index (χ1) is 8.65. The second-order valence-corrected chi connectivity index (χ2v) is 6.38. The van der Waals surface area contributed by atoms with Crippen molar-refractivity contribution in [1.82, 2.24) is 4.90 Å². The van der Waals surface area contributed by atoms with Crippen LogP contribution in [0, 0.1) is 6.92 Å². The van der Waals surface area contributed by atoms with E-state index in [-0.39, 0.29) is 11.6 Å². The normalized spacial score (nSPS) is 20.5. The Labute approximate surface area is 115 Å². The minimum absolute atomic E-state index is 0.180. The van der Waals surface area contributed by atoms with Gasteiger partial charge in [-0.05, 0) is 49.9 Å². The topological polar surface area (TPSA) is 29.3 Å². The summed E-state index contributed by atoms with van der Waals surface area (Å²) >= 11 is 1.83. The highest BCUT2D eigenvalue weighted by molar-refractivity contribution is 7.10. The molecule has 18 heavy (non-hydrogen) atoms. The zero-order valence-electron chi connectivity index (χ0n) is 11.9. The van der Waals surface area contributed by atoms with Crippen LogP contribution < -0.4 is 5.73 Å². The summed E-state index contributed by atoms with van der Waals surface area (Å²) in [5.74, 6) is 0. The average molecular weight is 266 g/mol. The SMILES string of the molecule is CCN(CC)C1(C(N)c2sccc2C)CCCC1. The number of hydrogen-bond acceptors (Lipinski definition) is 3. The highest BCUT2D eigenvalue weighted by atomic mass is 32.1. The Morgan fingerprint density at radius 1 is 1.33 bits per heavy atom. The fourth-order valence-electron chi connectivity index (χ4n) is 3.61. The van der Waals surface area contributed by atoms with E-state index in [0.29, 0.717) is 0 Å². The second-order valence-electron chi connectivity index (χ2n) is 5.43. The molecule has 0 bridgehead atoms. The third kappa shape index (κ3) is 2.24. The summed E-state index contributed by atoms with van der Waals surface area (Å²) in [7, 11) is 0. The molecule has 0 radical (unpaired) electrons. The quantitative estimate of drug-likeness (QED) is 0.880. The van der Waals surface area contributed by atoms with Crippen molar-refractivity contribution in [2.45, 2.75) is 58.0 Å². The van der Waals surface area contributed by atoms with Crippen molar-refractivity contribution >= 4 is 11.3 Å². The molecule has 1 atom stereocenters. The number of nitrogens with zero attached hydrogens (tertiary/aromatic N) is 1. The fraction of sp³-hybridized carbons (Fsp3) is 0.733. The standard InChI is InChI=1S/C15H26N2S/c1-4-17(5-2)15(9-6-7-10-15)14(16)13-12(3)8-11-18-13/h8,11,14H,4-7,9-10,16H2,1-3H3. The summed E-state index contributed by atoms with van der Waals surface area (Å²) in [4.78, 5) is 3.99. The number of rotatable bonds is 5. The van der Waals surface area contributed by atoms with Gasteiger partial charge in [0.15, 0.2) is 0 Å². The second kappa shape index (κ2) is 5.72. The molecule has 2 nitrogen and oxygen atoms in total. The van der Waals surface area contributed by atoms with E-state index in [0.717, 1.165) is 13.1 Å². The third-order valence-corrected chi connectivity index (χ3v) is 5.73. The predicted molar refractivity (Wildman–Crippen MR) is 80.1 cm³/mol. The molecular weight excluding hydrogens is 240 g/mol. The van der Waals surface area contributed by atoms with Crippen molar-refractivity contribution in [3.05, 3.63) is 21.9 Å². The Morgan fingerprint density at radius 3 is 2.39 bits per heavy atom.